The van der Waals surface area contributed by atoms with E-state index in [0.717, 1.165) is 12.3 Å². The van der Waals surface area contributed by atoms with Gasteiger partial charge in [-0.05, 0) is 6.26 Å². The molecule has 0 spiro atoms. The number of nitrogens with two attached hydrogens (primary N) is 1. The van der Waals surface area contributed by atoms with Crippen molar-refractivity contribution in [2.45, 2.75) is 0 Å². The van der Waals surface area contributed by atoms with Crippen LogP contribution in [0.3, 0.4) is 0 Å². The number of nitrogens with one attached hydrogen (secondary N) is 2. The number of rotatable bonds is 6. The van der Waals surface area contributed by atoms with Crippen molar-refractivity contribution in [2.75, 3.05) is 48.3 Å². The molecule has 16 heavy (non-hydrogen) atoms. The van der Waals surface area contributed by atoms with Crippen molar-refractivity contribution in [1.29, 1.82) is 0 Å². The Morgan fingerprint density at radius 1 is 1.25 bits per heavy atom. The molecule has 0 aliphatic carbocycles. The third-order valence-electron chi connectivity index (χ3n) is 1.74. The zero-order valence-corrected chi connectivity index (χ0v) is 10.5. The number of nitrogens with zero attached hydrogens (tertiary/aromatic N) is 4. The quantitative estimate of drug-likeness (QED) is 0.365. The topological polar surface area (TPSA) is 92.0 Å². The standard InChI is InChI=1S/C8H17N7S/c1-15(2)8-12-6(10-4-5-16-3)11-7(13-8)14-9/h4-5,9H2,1-3H3,(H2,10,11,12,13,14). The summed E-state index contributed by atoms with van der Waals surface area (Å²) in [5.41, 5.74) is 2.42. The third-order valence-corrected chi connectivity index (χ3v) is 2.35. The molecule has 0 unspecified atom stereocenters. The van der Waals surface area contributed by atoms with Crippen molar-refractivity contribution in [3.63, 3.8) is 0 Å². The molecule has 0 amide bonds. The lowest BCUT2D eigenvalue weighted by Gasteiger charge is -2.12. The van der Waals surface area contributed by atoms with Gasteiger partial charge in [0.05, 0.1) is 0 Å². The molecule has 7 nitrogen and oxygen atoms in total. The molecule has 0 aliphatic rings. The zero-order chi connectivity index (χ0) is 12.0. The lowest BCUT2D eigenvalue weighted by molar-refractivity contribution is 0.946. The number of hydrogen-bond acceptors (Lipinski definition) is 8. The van der Waals surface area contributed by atoms with Gasteiger partial charge in [0.2, 0.25) is 17.8 Å². The van der Waals surface area contributed by atoms with E-state index in [1.54, 1.807) is 16.7 Å². The fraction of sp³-hybridized carbons (Fsp3) is 0.625. The van der Waals surface area contributed by atoms with Crippen molar-refractivity contribution in [3.05, 3.63) is 0 Å². The summed E-state index contributed by atoms with van der Waals surface area (Å²) >= 11 is 1.76. The van der Waals surface area contributed by atoms with Gasteiger partial charge in [0, 0.05) is 26.4 Å². The highest BCUT2D eigenvalue weighted by molar-refractivity contribution is 7.98. The van der Waals surface area contributed by atoms with Gasteiger partial charge in [-0.25, -0.2) is 5.84 Å². The third kappa shape index (κ3) is 3.70. The second kappa shape index (κ2) is 6.33. The van der Waals surface area contributed by atoms with Crippen LogP contribution >= 0.6 is 11.8 Å². The largest absolute Gasteiger partial charge is 0.353 e. The van der Waals surface area contributed by atoms with Gasteiger partial charge < -0.3 is 10.2 Å². The molecule has 0 saturated heterocycles. The molecule has 1 heterocycles. The maximum absolute atomic E-state index is 5.29. The molecule has 1 aromatic heterocycles. The highest BCUT2D eigenvalue weighted by Gasteiger charge is 2.06. The SMILES string of the molecule is CSCCNc1nc(NN)nc(N(C)C)n1. The molecule has 1 aromatic rings. The molecule has 0 aromatic carbocycles. The van der Waals surface area contributed by atoms with E-state index in [2.05, 4.69) is 25.7 Å². The van der Waals surface area contributed by atoms with Crippen molar-refractivity contribution < 1.29 is 0 Å². The number of hydrazine groups is 1. The monoisotopic (exact) mass is 243 g/mol. The number of hydrogen-bond donors (Lipinski definition) is 3. The van der Waals surface area contributed by atoms with Crippen LogP contribution in [0.25, 0.3) is 0 Å². The van der Waals surface area contributed by atoms with Gasteiger partial charge in [0.25, 0.3) is 0 Å². The van der Waals surface area contributed by atoms with Gasteiger partial charge in [-0.3, -0.25) is 5.43 Å². The smallest absolute Gasteiger partial charge is 0.243 e. The molecular weight excluding hydrogens is 226 g/mol. The summed E-state index contributed by atoms with van der Waals surface area (Å²) in [6, 6.07) is 0. The Bertz CT molecular complexity index is 330. The first-order valence-corrected chi connectivity index (χ1v) is 6.19. The van der Waals surface area contributed by atoms with E-state index < -0.39 is 0 Å². The van der Waals surface area contributed by atoms with Gasteiger partial charge >= 0.3 is 0 Å². The van der Waals surface area contributed by atoms with Crippen molar-refractivity contribution in [3.8, 4) is 0 Å². The predicted octanol–water partition coefficient (Wildman–Crippen LogP) is -0.00190. The molecule has 0 radical (unpaired) electrons. The normalized spacial score (nSPS) is 10.0. The first-order valence-electron chi connectivity index (χ1n) is 4.80. The average Bonchev–Trinajstić information content (AvgIpc) is 2.29. The van der Waals surface area contributed by atoms with Gasteiger partial charge in [0.15, 0.2) is 0 Å². The number of anilines is 3. The summed E-state index contributed by atoms with van der Waals surface area (Å²) < 4.78 is 0. The first kappa shape index (κ1) is 12.8. The van der Waals surface area contributed by atoms with Crippen LogP contribution in [-0.4, -0.2) is 47.6 Å². The maximum Gasteiger partial charge on any atom is 0.243 e. The van der Waals surface area contributed by atoms with Crippen LogP contribution in [0.15, 0.2) is 0 Å². The minimum absolute atomic E-state index is 0.352. The van der Waals surface area contributed by atoms with E-state index in [1.807, 2.05) is 20.4 Å². The van der Waals surface area contributed by atoms with Crippen LogP contribution in [0.2, 0.25) is 0 Å². The summed E-state index contributed by atoms with van der Waals surface area (Å²) in [6.07, 6.45) is 2.05. The molecule has 8 heteroatoms. The molecule has 90 valence electrons. The Morgan fingerprint density at radius 2 is 1.94 bits per heavy atom. The Hall–Kier alpha value is -1.28. The van der Waals surface area contributed by atoms with E-state index in [9.17, 15) is 0 Å². The molecule has 1 rings (SSSR count). The van der Waals surface area contributed by atoms with E-state index >= 15 is 0 Å². The fourth-order valence-corrected chi connectivity index (χ4v) is 1.28. The fourth-order valence-electron chi connectivity index (χ4n) is 0.973. The lowest BCUT2D eigenvalue weighted by atomic mass is 10.7. The van der Waals surface area contributed by atoms with Crippen molar-refractivity contribution in [1.82, 2.24) is 15.0 Å². The summed E-state index contributed by atoms with van der Waals surface area (Å²) in [4.78, 5) is 14.2. The van der Waals surface area contributed by atoms with Gasteiger partial charge in [0.1, 0.15) is 0 Å². The van der Waals surface area contributed by atoms with Crippen LogP contribution in [0.4, 0.5) is 17.8 Å². The second-order valence-electron chi connectivity index (χ2n) is 3.24. The molecule has 0 aliphatic heterocycles. The molecule has 0 atom stereocenters. The number of nitrogen functional groups attached to an aromatic ring is 1. The summed E-state index contributed by atoms with van der Waals surface area (Å²) in [6.45, 7) is 0.808. The predicted molar refractivity (Wildman–Crippen MR) is 68.8 cm³/mol. The summed E-state index contributed by atoms with van der Waals surface area (Å²) in [7, 11) is 3.72. The van der Waals surface area contributed by atoms with E-state index in [0.29, 0.717) is 17.8 Å². The summed E-state index contributed by atoms with van der Waals surface area (Å²) in [5, 5.41) is 3.11. The average molecular weight is 243 g/mol. The Balaban J connectivity index is 2.78. The Morgan fingerprint density at radius 3 is 2.50 bits per heavy atom. The zero-order valence-electron chi connectivity index (χ0n) is 9.69. The lowest BCUT2D eigenvalue weighted by Crippen LogP contribution is -2.19. The van der Waals surface area contributed by atoms with Crippen molar-refractivity contribution in [2.24, 2.45) is 5.84 Å². The van der Waals surface area contributed by atoms with Crippen LogP contribution in [0, 0.1) is 0 Å². The molecule has 0 saturated carbocycles. The van der Waals surface area contributed by atoms with E-state index in [4.69, 9.17) is 5.84 Å². The molecular formula is C8H17N7S. The highest BCUT2D eigenvalue weighted by atomic mass is 32.2. The van der Waals surface area contributed by atoms with Gasteiger partial charge in [-0.2, -0.15) is 26.7 Å². The van der Waals surface area contributed by atoms with Crippen molar-refractivity contribution >= 4 is 29.6 Å². The van der Waals surface area contributed by atoms with Gasteiger partial charge in [-0.1, -0.05) is 0 Å². The Labute approximate surface area is 99.2 Å². The second-order valence-corrected chi connectivity index (χ2v) is 4.23. The summed E-state index contributed by atoms with van der Waals surface area (Å²) in [5.74, 6) is 7.73. The minimum atomic E-state index is 0.352. The van der Waals surface area contributed by atoms with E-state index in [1.165, 1.54) is 0 Å². The van der Waals surface area contributed by atoms with E-state index in [-0.39, 0.29) is 0 Å². The van der Waals surface area contributed by atoms with Gasteiger partial charge in [-0.15, -0.1) is 0 Å². The number of thioether (sulfide) groups is 1. The maximum atomic E-state index is 5.29. The molecule has 0 bridgehead atoms. The van der Waals surface area contributed by atoms with Crippen LogP contribution in [0.5, 0.6) is 0 Å². The van der Waals surface area contributed by atoms with Crippen LogP contribution in [-0.2, 0) is 0 Å². The Kier molecular flexibility index (Phi) is 5.06. The first-order chi connectivity index (χ1) is 7.67. The van der Waals surface area contributed by atoms with Crippen LogP contribution in [0.1, 0.15) is 0 Å². The van der Waals surface area contributed by atoms with Crippen LogP contribution < -0.4 is 21.5 Å². The molecule has 4 N–H and O–H groups in total. The molecule has 0 fully saturated rings. The highest BCUT2D eigenvalue weighted by Crippen LogP contribution is 2.10. The minimum Gasteiger partial charge on any atom is -0.353 e. The number of aromatic nitrogens is 3.